The van der Waals surface area contributed by atoms with Crippen molar-refractivity contribution in [1.82, 2.24) is 5.32 Å². The summed E-state index contributed by atoms with van der Waals surface area (Å²) >= 11 is 0. The molecule has 12 nitrogen and oxygen atoms in total. The van der Waals surface area contributed by atoms with Crippen LogP contribution >= 0.6 is 7.82 Å². The van der Waals surface area contributed by atoms with Crippen LogP contribution in [-0.4, -0.2) is 96.8 Å². The summed E-state index contributed by atoms with van der Waals surface area (Å²) in [6, 6.07) is -1.03. The third kappa shape index (κ3) is 30.2. The monoisotopic (exact) mass is 894 g/mol. The maximum atomic E-state index is 13.0. The number of aliphatic hydroxyl groups is 6. The van der Waals surface area contributed by atoms with Gasteiger partial charge >= 0.3 is 7.82 Å². The van der Waals surface area contributed by atoms with Gasteiger partial charge in [0.05, 0.1) is 18.8 Å². The SMILES string of the molecule is CCCCCCCCCCCCCCCCCCCCCC(=O)N[C@@H](COP(=O)(O)OC1C(O)C(O)C(O)[C@@H](O)C1O)[C@H](O)CCCCCCCCCCCCCCCCC. The Hall–Kier alpha value is -0.660. The van der Waals surface area contributed by atoms with Crippen LogP contribution in [0, 0.1) is 0 Å². The van der Waals surface area contributed by atoms with Gasteiger partial charge in [0.25, 0.3) is 0 Å². The van der Waals surface area contributed by atoms with Crippen molar-refractivity contribution >= 4 is 13.7 Å². The number of phosphoric acid groups is 1. The molecule has 1 fully saturated rings. The van der Waals surface area contributed by atoms with Crippen LogP contribution in [0.15, 0.2) is 0 Å². The zero-order valence-corrected chi connectivity index (χ0v) is 39.9. The predicted molar refractivity (Wildman–Crippen MR) is 246 cm³/mol. The van der Waals surface area contributed by atoms with Gasteiger partial charge < -0.3 is 40.8 Å². The highest BCUT2D eigenvalue weighted by Crippen LogP contribution is 2.47. The molecular formula is C48H96NO11P. The standard InChI is InChI=1S/C48H96NO11P/c1-3-5-7-9-11-13-15-17-19-20-21-22-24-26-28-30-32-34-36-38-42(51)49-40(39-59-61(57,58)60-48-46(55)44(53)43(52)45(54)47(48)56)41(50)37-35-33-31-29-27-25-23-18-16-14-12-10-8-6-4-2/h40-41,43-48,50,52-56H,3-39H2,1-2H3,(H,49,51)(H,57,58)/t40-,41+,43?,44+,45?,46?,47?,48?/m0/s1. The van der Waals surface area contributed by atoms with Crippen molar-refractivity contribution in [1.29, 1.82) is 0 Å². The highest BCUT2D eigenvalue weighted by molar-refractivity contribution is 7.47. The molecule has 13 heteroatoms. The van der Waals surface area contributed by atoms with Crippen LogP contribution < -0.4 is 5.32 Å². The van der Waals surface area contributed by atoms with Crippen LogP contribution in [0.3, 0.4) is 0 Å². The van der Waals surface area contributed by atoms with E-state index in [1.54, 1.807) is 0 Å². The minimum atomic E-state index is -5.05. The lowest BCUT2D eigenvalue weighted by Gasteiger charge is -2.41. The largest absolute Gasteiger partial charge is 0.472 e. The van der Waals surface area contributed by atoms with Crippen LogP contribution in [0.1, 0.15) is 245 Å². The fourth-order valence-corrected chi connectivity index (χ4v) is 9.46. The van der Waals surface area contributed by atoms with Crippen LogP contribution in [0.5, 0.6) is 0 Å². The molecule has 1 saturated carbocycles. The first-order chi connectivity index (χ1) is 29.4. The number of rotatable bonds is 43. The average molecular weight is 894 g/mol. The molecule has 8 N–H and O–H groups in total. The lowest BCUT2D eigenvalue weighted by molar-refractivity contribution is -0.220. The number of aliphatic hydroxyl groups excluding tert-OH is 6. The van der Waals surface area contributed by atoms with Gasteiger partial charge in [0.2, 0.25) is 5.91 Å². The maximum absolute atomic E-state index is 13.0. The van der Waals surface area contributed by atoms with Crippen molar-refractivity contribution in [3.63, 3.8) is 0 Å². The minimum absolute atomic E-state index is 0.243. The molecule has 0 aromatic heterocycles. The quantitative estimate of drug-likeness (QED) is 0.0214. The fourth-order valence-electron chi connectivity index (χ4n) is 8.50. The smallest absolute Gasteiger partial charge is 0.391 e. The molecule has 6 unspecified atom stereocenters. The maximum Gasteiger partial charge on any atom is 0.472 e. The van der Waals surface area contributed by atoms with Gasteiger partial charge in [-0.1, -0.05) is 226 Å². The zero-order valence-electron chi connectivity index (χ0n) is 39.0. The van der Waals surface area contributed by atoms with Crippen molar-refractivity contribution < 1.29 is 53.9 Å². The molecule has 0 saturated heterocycles. The van der Waals surface area contributed by atoms with Crippen molar-refractivity contribution in [2.75, 3.05) is 6.61 Å². The van der Waals surface area contributed by atoms with E-state index in [0.29, 0.717) is 19.3 Å². The first-order valence-corrected chi connectivity index (χ1v) is 27.0. The lowest BCUT2D eigenvalue weighted by Crippen LogP contribution is -2.64. The number of hydrogen-bond acceptors (Lipinski definition) is 10. The fraction of sp³-hybridized carbons (Fsp3) is 0.979. The van der Waals surface area contributed by atoms with Gasteiger partial charge in [-0.25, -0.2) is 4.57 Å². The number of phosphoric ester groups is 1. The molecule has 61 heavy (non-hydrogen) atoms. The van der Waals surface area contributed by atoms with E-state index in [0.717, 1.165) is 38.5 Å². The molecule has 0 aliphatic heterocycles. The van der Waals surface area contributed by atoms with E-state index in [2.05, 4.69) is 19.2 Å². The Morgan fingerprint density at radius 1 is 0.492 bits per heavy atom. The van der Waals surface area contributed by atoms with Crippen LogP contribution in [0.25, 0.3) is 0 Å². The third-order valence-corrected chi connectivity index (χ3v) is 13.7. The summed E-state index contributed by atoms with van der Waals surface area (Å²) in [5, 5.41) is 64.3. The van der Waals surface area contributed by atoms with Crippen LogP contribution in [0.2, 0.25) is 0 Å². The van der Waals surface area contributed by atoms with E-state index in [4.69, 9.17) is 9.05 Å². The molecule has 0 bridgehead atoms. The topological polar surface area (TPSA) is 206 Å². The molecule has 0 spiro atoms. The summed E-state index contributed by atoms with van der Waals surface area (Å²) in [5.41, 5.74) is 0. The van der Waals surface area contributed by atoms with Crippen molar-refractivity contribution in [3.05, 3.63) is 0 Å². The molecule has 0 radical (unpaired) electrons. The molecule has 0 aromatic rings. The van der Waals surface area contributed by atoms with E-state index < -0.39 is 63.2 Å². The number of unbranched alkanes of at least 4 members (excludes halogenated alkanes) is 32. The Bertz CT molecular complexity index is 1040. The molecule has 1 aliphatic rings. The molecule has 9 atom stereocenters. The Balaban J connectivity index is 2.40. The molecule has 364 valence electrons. The second kappa shape index (κ2) is 38.6. The predicted octanol–water partition coefficient (Wildman–Crippen LogP) is 10.2. The average Bonchev–Trinajstić information content (AvgIpc) is 3.24. The van der Waals surface area contributed by atoms with Gasteiger partial charge in [-0.3, -0.25) is 13.8 Å². The zero-order chi connectivity index (χ0) is 45.0. The Labute approximate surface area is 372 Å². The Morgan fingerprint density at radius 2 is 0.787 bits per heavy atom. The van der Waals surface area contributed by atoms with Crippen LogP contribution in [-0.2, 0) is 18.4 Å². The number of hydrogen-bond donors (Lipinski definition) is 8. The molecular weight excluding hydrogens is 797 g/mol. The van der Waals surface area contributed by atoms with E-state index in [9.17, 15) is 44.9 Å². The van der Waals surface area contributed by atoms with Crippen molar-refractivity contribution in [3.8, 4) is 0 Å². The first kappa shape index (κ1) is 58.4. The highest BCUT2D eigenvalue weighted by Gasteiger charge is 2.51. The lowest BCUT2D eigenvalue weighted by atomic mass is 9.85. The molecule has 1 amide bonds. The molecule has 1 rings (SSSR count). The van der Waals surface area contributed by atoms with E-state index in [1.807, 2.05) is 0 Å². The third-order valence-electron chi connectivity index (χ3n) is 12.7. The van der Waals surface area contributed by atoms with E-state index >= 15 is 0 Å². The number of carbonyl (C=O) groups excluding carboxylic acids is 1. The second-order valence-corrected chi connectivity index (χ2v) is 19.8. The van der Waals surface area contributed by atoms with Gasteiger partial charge in [0.1, 0.15) is 36.6 Å². The van der Waals surface area contributed by atoms with E-state index in [1.165, 1.54) is 167 Å². The minimum Gasteiger partial charge on any atom is -0.391 e. The van der Waals surface area contributed by atoms with Gasteiger partial charge in [-0.15, -0.1) is 0 Å². The summed E-state index contributed by atoms with van der Waals surface area (Å²) in [4.78, 5) is 23.5. The van der Waals surface area contributed by atoms with Crippen LogP contribution in [0.4, 0.5) is 0 Å². The van der Waals surface area contributed by atoms with Gasteiger partial charge in [-0.05, 0) is 12.8 Å². The molecule has 1 aliphatic carbocycles. The summed E-state index contributed by atoms with van der Waals surface area (Å²) in [7, 11) is -5.05. The van der Waals surface area contributed by atoms with Gasteiger partial charge in [0, 0.05) is 6.42 Å². The summed E-state index contributed by atoms with van der Waals surface area (Å²) in [6.07, 6.45) is 29.9. The normalized spacial score (nSPS) is 22.6. The van der Waals surface area contributed by atoms with Gasteiger partial charge in [0.15, 0.2) is 0 Å². The van der Waals surface area contributed by atoms with Crippen molar-refractivity contribution in [2.45, 2.75) is 294 Å². The molecule has 0 aromatic carbocycles. The summed E-state index contributed by atoms with van der Waals surface area (Å²) < 4.78 is 23.0. The van der Waals surface area contributed by atoms with E-state index in [-0.39, 0.29) is 12.3 Å². The number of carbonyl (C=O) groups is 1. The number of nitrogens with one attached hydrogen (secondary N) is 1. The highest BCUT2D eigenvalue weighted by atomic mass is 31.2. The summed E-state index contributed by atoms with van der Waals surface area (Å²) in [6.45, 7) is 3.92. The van der Waals surface area contributed by atoms with Gasteiger partial charge in [-0.2, -0.15) is 0 Å². The Morgan fingerprint density at radius 3 is 1.13 bits per heavy atom. The second-order valence-electron chi connectivity index (χ2n) is 18.4. The summed E-state index contributed by atoms with van der Waals surface area (Å²) in [5.74, 6) is -0.303. The Kier molecular flexibility index (Phi) is 36.9. The first-order valence-electron chi connectivity index (χ1n) is 25.5. The van der Waals surface area contributed by atoms with Crippen molar-refractivity contribution in [2.24, 2.45) is 0 Å². The number of amides is 1. The molecule has 0 heterocycles.